The Kier molecular flexibility index (Phi) is 4.80. The summed E-state index contributed by atoms with van der Waals surface area (Å²) in [5.74, 6) is 0.710. The number of ether oxygens (including phenoxy) is 1. The number of hydrogen-bond donors (Lipinski definition) is 1. The van der Waals surface area contributed by atoms with Crippen LogP contribution >= 0.6 is 0 Å². The van der Waals surface area contributed by atoms with Crippen LogP contribution in [0.15, 0.2) is 0 Å². The Morgan fingerprint density at radius 1 is 1.41 bits per heavy atom. The van der Waals surface area contributed by atoms with E-state index >= 15 is 0 Å². The van der Waals surface area contributed by atoms with Gasteiger partial charge < -0.3 is 15.0 Å². The molecular formula is C13H24N2O2. The average Bonchev–Trinajstić information content (AvgIpc) is 3.09. The number of likely N-dealkylation sites (tertiary alicyclic amines) is 1. The Hall–Kier alpha value is -0.610. The second kappa shape index (κ2) is 6.36. The van der Waals surface area contributed by atoms with Gasteiger partial charge in [-0.05, 0) is 51.2 Å². The summed E-state index contributed by atoms with van der Waals surface area (Å²) in [4.78, 5) is 13.5. The minimum Gasteiger partial charge on any atom is -0.469 e. The standard InChI is InChI=1S/C13H24N2O2/c1-17-13(16)3-2-7-14-9-11-6-8-15(10-11)12-4-5-12/h11-12,14H,2-10H2,1H3. The molecule has 2 rings (SSSR count). The molecular weight excluding hydrogens is 216 g/mol. The van der Waals surface area contributed by atoms with Crippen molar-refractivity contribution in [3.63, 3.8) is 0 Å². The summed E-state index contributed by atoms with van der Waals surface area (Å²) in [5.41, 5.74) is 0. The van der Waals surface area contributed by atoms with Crippen molar-refractivity contribution in [3.8, 4) is 0 Å². The second-order valence-electron chi connectivity index (χ2n) is 5.26. The second-order valence-corrected chi connectivity index (χ2v) is 5.26. The summed E-state index contributed by atoms with van der Waals surface area (Å²) in [7, 11) is 1.45. The van der Waals surface area contributed by atoms with Gasteiger partial charge in [-0.1, -0.05) is 0 Å². The van der Waals surface area contributed by atoms with Crippen molar-refractivity contribution in [1.29, 1.82) is 0 Å². The van der Waals surface area contributed by atoms with Crippen LogP contribution in [0.2, 0.25) is 0 Å². The molecule has 0 aromatic rings. The van der Waals surface area contributed by atoms with Gasteiger partial charge in [0.25, 0.3) is 0 Å². The zero-order valence-corrected chi connectivity index (χ0v) is 10.8. The van der Waals surface area contributed by atoms with Crippen LogP contribution in [0, 0.1) is 5.92 Å². The van der Waals surface area contributed by atoms with E-state index in [9.17, 15) is 4.79 Å². The maximum Gasteiger partial charge on any atom is 0.305 e. The van der Waals surface area contributed by atoms with Crippen LogP contribution in [-0.4, -0.2) is 50.2 Å². The van der Waals surface area contributed by atoms with Gasteiger partial charge in [-0.25, -0.2) is 0 Å². The molecule has 1 heterocycles. The van der Waals surface area contributed by atoms with E-state index in [2.05, 4.69) is 15.0 Å². The quantitative estimate of drug-likeness (QED) is 0.533. The SMILES string of the molecule is COC(=O)CCCNCC1CCN(C2CC2)C1. The molecule has 0 bridgehead atoms. The van der Waals surface area contributed by atoms with Crippen LogP contribution < -0.4 is 5.32 Å². The van der Waals surface area contributed by atoms with Crippen LogP contribution in [0.1, 0.15) is 32.1 Å². The first-order chi connectivity index (χ1) is 8.29. The fourth-order valence-corrected chi connectivity index (χ4v) is 2.57. The van der Waals surface area contributed by atoms with Crippen molar-refractivity contribution >= 4 is 5.97 Å². The molecule has 0 aromatic heterocycles. The Bertz CT molecular complexity index is 254. The summed E-state index contributed by atoms with van der Waals surface area (Å²) >= 11 is 0. The molecule has 2 fully saturated rings. The highest BCUT2D eigenvalue weighted by Gasteiger charge is 2.33. The van der Waals surface area contributed by atoms with E-state index < -0.39 is 0 Å². The summed E-state index contributed by atoms with van der Waals surface area (Å²) in [5, 5.41) is 3.45. The van der Waals surface area contributed by atoms with Gasteiger partial charge in [-0.3, -0.25) is 4.79 Å². The van der Waals surface area contributed by atoms with E-state index in [0.717, 1.165) is 31.5 Å². The van der Waals surface area contributed by atoms with Crippen LogP contribution in [0.25, 0.3) is 0 Å². The summed E-state index contributed by atoms with van der Waals surface area (Å²) in [6.07, 6.45) is 5.58. The minimum atomic E-state index is -0.104. The minimum absolute atomic E-state index is 0.104. The molecule has 2 aliphatic rings. The highest BCUT2D eigenvalue weighted by atomic mass is 16.5. The molecule has 1 N–H and O–H groups in total. The lowest BCUT2D eigenvalue weighted by atomic mass is 10.1. The smallest absolute Gasteiger partial charge is 0.305 e. The molecule has 0 spiro atoms. The normalized spacial score (nSPS) is 25.1. The Morgan fingerprint density at radius 3 is 2.94 bits per heavy atom. The Labute approximate surface area is 104 Å². The van der Waals surface area contributed by atoms with Gasteiger partial charge >= 0.3 is 5.97 Å². The van der Waals surface area contributed by atoms with Crippen LogP contribution in [0.5, 0.6) is 0 Å². The Morgan fingerprint density at radius 2 is 2.24 bits per heavy atom. The molecule has 1 aliphatic heterocycles. The van der Waals surface area contributed by atoms with E-state index in [1.807, 2.05) is 0 Å². The van der Waals surface area contributed by atoms with E-state index in [4.69, 9.17) is 0 Å². The lowest BCUT2D eigenvalue weighted by Gasteiger charge is -2.15. The van der Waals surface area contributed by atoms with Gasteiger partial charge in [0.1, 0.15) is 0 Å². The lowest BCUT2D eigenvalue weighted by molar-refractivity contribution is -0.140. The number of carbonyl (C=O) groups excluding carboxylic acids is 1. The molecule has 4 nitrogen and oxygen atoms in total. The summed E-state index contributed by atoms with van der Waals surface area (Å²) in [6.45, 7) is 4.59. The zero-order chi connectivity index (χ0) is 12.1. The molecule has 0 radical (unpaired) electrons. The molecule has 1 atom stereocenters. The van der Waals surface area contributed by atoms with Gasteiger partial charge in [-0.15, -0.1) is 0 Å². The number of methoxy groups -OCH3 is 1. The van der Waals surface area contributed by atoms with Crippen molar-refractivity contribution < 1.29 is 9.53 Å². The highest BCUT2D eigenvalue weighted by Crippen LogP contribution is 2.31. The third kappa shape index (κ3) is 4.28. The van der Waals surface area contributed by atoms with Crippen molar-refractivity contribution in [2.24, 2.45) is 5.92 Å². The number of rotatable bonds is 7. The number of esters is 1. The molecule has 17 heavy (non-hydrogen) atoms. The number of hydrogen-bond acceptors (Lipinski definition) is 4. The van der Waals surface area contributed by atoms with Crippen molar-refractivity contribution in [2.45, 2.75) is 38.1 Å². The molecule has 0 amide bonds. The van der Waals surface area contributed by atoms with Gasteiger partial charge in [0.2, 0.25) is 0 Å². The van der Waals surface area contributed by atoms with E-state index in [1.54, 1.807) is 0 Å². The van der Waals surface area contributed by atoms with Crippen LogP contribution in [-0.2, 0) is 9.53 Å². The highest BCUT2D eigenvalue weighted by molar-refractivity contribution is 5.69. The first kappa shape index (κ1) is 12.8. The van der Waals surface area contributed by atoms with Crippen LogP contribution in [0.3, 0.4) is 0 Å². The summed E-state index contributed by atoms with van der Waals surface area (Å²) in [6, 6.07) is 0.916. The van der Waals surface area contributed by atoms with Crippen molar-refractivity contribution in [2.75, 3.05) is 33.3 Å². The maximum absolute atomic E-state index is 10.9. The molecule has 1 unspecified atom stereocenters. The summed E-state index contributed by atoms with van der Waals surface area (Å²) < 4.78 is 4.60. The largest absolute Gasteiger partial charge is 0.469 e. The lowest BCUT2D eigenvalue weighted by Crippen LogP contribution is -2.28. The maximum atomic E-state index is 10.9. The van der Waals surface area contributed by atoms with E-state index in [1.165, 1.54) is 39.5 Å². The Balaban J connectivity index is 1.47. The van der Waals surface area contributed by atoms with Gasteiger partial charge in [0.15, 0.2) is 0 Å². The first-order valence-corrected chi connectivity index (χ1v) is 6.81. The molecule has 1 saturated carbocycles. The predicted molar refractivity (Wildman–Crippen MR) is 66.8 cm³/mol. The van der Waals surface area contributed by atoms with Crippen molar-refractivity contribution in [1.82, 2.24) is 10.2 Å². The molecule has 4 heteroatoms. The first-order valence-electron chi connectivity index (χ1n) is 6.81. The fraction of sp³-hybridized carbons (Fsp3) is 0.923. The number of nitrogens with one attached hydrogen (secondary N) is 1. The van der Waals surface area contributed by atoms with Gasteiger partial charge in [0.05, 0.1) is 7.11 Å². The third-order valence-electron chi connectivity index (χ3n) is 3.78. The number of carbonyl (C=O) groups is 1. The van der Waals surface area contributed by atoms with Gasteiger partial charge in [0, 0.05) is 19.0 Å². The molecule has 98 valence electrons. The molecule has 1 saturated heterocycles. The average molecular weight is 240 g/mol. The topological polar surface area (TPSA) is 41.6 Å². The monoisotopic (exact) mass is 240 g/mol. The molecule has 1 aliphatic carbocycles. The zero-order valence-electron chi connectivity index (χ0n) is 10.8. The van der Waals surface area contributed by atoms with E-state index in [-0.39, 0.29) is 5.97 Å². The van der Waals surface area contributed by atoms with Crippen LogP contribution in [0.4, 0.5) is 0 Å². The number of nitrogens with zero attached hydrogens (tertiary/aromatic N) is 1. The predicted octanol–water partition coefficient (Wildman–Crippen LogP) is 1.01. The third-order valence-corrected chi connectivity index (χ3v) is 3.78. The van der Waals surface area contributed by atoms with Crippen molar-refractivity contribution in [3.05, 3.63) is 0 Å². The molecule has 0 aromatic carbocycles. The fourth-order valence-electron chi connectivity index (χ4n) is 2.57. The van der Waals surface area contributed by atoms with E-state index in [0.29, 0.717) is 6.42 Å². The van der Waals surface area contributed by atoms with Gasteiger partial charge in [-0.2, -0.15) is 0 Å².